The molecule has 1 atom stereocenters. The van der Waals surface area contributed by atoms with Crippen molar-refractivity contribution in [2.75, 3.05) is 0 Å². The molecule has 5 nitrogen and oxygen atoms in total. The van der Waals surface area contributed by atoms with Gasteiger partial charge in [0.05, 0.1) is 5.52 Å². The minimum Gasteiger partial charge on any atom is -0.479 e. The maximum atomic E-state index is 12.9. The van der Waals surface area contributed by atoms with Crippen LogP contribution in [0.4, 0.5) is 13.2 Å². The molecule has 0 saturated carbocycles. The van der Waals surface area contributed by atoms with Crippen LogP contribution in [0.1, 0.15) is 18.2 Å². The number of carbonyl (C=O) groups is 1. The zero-order valence-corrected chi connectivity index (χ0v) is 20.7. The number of rotatable bonds is 8. The summed E-state index contributed by atoms with van der Waals surface area (Å²) in [5.41, 5.74) is 2.20. The molecule has 4 rings (SSSR count). The van der Waals surface area contributed by atoms with Crippen molar-refractivity contribution in [1.29, 1.82) is 0 Å². The normalized spacial score (nSPS) is 12.5. The molecule has 0 aliphatic carbocycles. The first-order valence-electron chi connectivity index (χ1n) is 10.8. The van der Waals surface area contributed by atoms with Crippen molar-refractivity contribution in [2.45, 2.75) is 42.6 Å². The van der Waals surface area contributed by atoms with Gasteiger partial charge in [-0.25, -0.2) is 4.79 Å². The van der Waals surface area contributed by atoms with Crippen molar-refractivity contribution in [3.05, 3.63) is 83.0 Å². The Labute approximate surface area is 214 Å². The van der Waals surface area contributed by atoms with Crippen molar-refractivity contribution >= 4 is 40.2 Å². The summed E-state index contributed by atoms with van der Waals surface area (Å²) in [5.74, 6) is -1.02. The Hall–Kier alpha value is -3.30. The van der Waals surface area contributed by atoms with Crippen LogP contribution in [-0.2, 0) is 11.3 Å². The molecule has 0 fully saturated rings. The van der Waals surface area contributed by atoms with E-state index in [2.05, 4.69) is 4.74 Å². The largest absolute Gasteiger partial charge is 0.573 e. The number of nitrogens with zero attached hydrogens (tertiary/aromatic N) is 1. The summed E-state index contributed by atoms with van der Waals surface area (Å²) < 4.78 is 50.2. The molecule has 0 bridgehead atoms. The number of hydrogen-bond acceptors (Lipinski definition) is 4. The summed E-state index contributed by atoms with van der Waals surface area (Å²) >= 11 is 7.49. The van der Waals surface area contributed by atoms with Crippen molar-refractivity contribution in [1.82, 2.24) is 4.57 Å². The SMILES string of the molecule is Cc1c(Sc2ccc(Cl)cc2)c2ccc(OC(F)(F)F)cc2n1Cc1cccc(O[C@@H](C)C(=O)O)c1. The number of aromatic nitrogens is 1. The van der Waals surface area contributed by atoms with Gasteiger partial charge in [-0.05, 0) is 67.9 Å². The second-order valence-electron chi connectivity index (χ2n) is 8.03. The predicted molar refractivity (Wildman–Crippen MR) is 132 cm³/mol. The van der Waals surface area contributed by atoms with Crippen LogP contribution in [-0.4, -0.2) is 28.1 Å². The number of carboxylic acid groups (broad SMARTS) is 1. The van der Waals surface area contributed by atoms with Crippen LogP contribution in [0.3, 0.4) is 0 Å². The third-order valence-corrected chi connectivity index (χ3v) is 6.88. The minimum atomic E-state index is -4.81. The Morgan fingerprint density at radius 2 is 1.81 bits per heavy atom. The number of hydrogen-bond donors (Lipinski definition) is 1. The molecule has 0 aliphatic heterocycles. The molecule has 3 aromatic carbocycles. The van der Waals surface area contributed by atoms with Crippen LogP contribution in [0.2, 0.25) is 5.02 Å². The lowest BCUT2D eigenvalue weighted by Gasteiger charge is -2.14. The van der Waals surface area contributed by atoms with Crippen LogP contribution in [0.5, 0.6) is 11.5 Å². The van der Waals surface area contributed by atoms with Crippen LogP contribution in [0.25, 0.3) is 10.9 Å². The van der Waals surface area contributed by atoms with E-state index < -0.39 is 18.4 Å². The zero-order valence-electron chi connectivity index (χ0n) is 19.2. The molecule has 4 aromatic rings. The fraction of sp³-hybridized carbons (Fsp3) is 0.192. The van der Waals surface area contributed by atoms with Crippen molar-refractivity contribution in [3.8, 4) is 11.5 Å². The quantitative estimate of drug-likeness (QED) is 0.252. The van der Waals surface area contributed by atoms with Crippen LogP contribution < -0.4 is 9.47 Å². The van der Waals surface area contributed by atoms with Gasteiger partial charge in [-0.1, -0.05) is 35.5 Å². The van der Waals surface area contributed by atoms with Crippen LogP contribution in [0, 0.1) is 6.92 Å². The molecule has 0 aliphatic rings. The van der Waals surface area contributed by atoms with E-state index in [1.807, 2.05) is 29.7 Å². The average molecular weight is 536 g/mol. The van der Waals surface area contributed by atoms with Gasteiger partial charge in [0.1, 0.15) is 11.5 Å². The molecule has 10 heteroatoms. The number of benzene rings is 3. The Bertz CT molecular complexity index is 1400. The van der Waals surface area contributed by atoms with E-state index in [4.69, 9.17) is 21.4 Å². The van der Waals surface area contributed by atoms with Crippen LogP contribution >= 0.6 is 23.4 Å². The van der Waals surface area contributed by atoms with E-state index in [1.165, 1.54) is 30.8 Å². The molecule has 0 amide bonds. The van der Waals surface area contributed by atoms with Gasteiger partial charge < -0.3 is 19.1 Å². The van der Waals surface area contributed by atoms with Crippen molar-refractivity contribution in [2.24, 2.45) is 0 Å². The molecular formula is C26H21ClF3NO4S. The topological polar surface area (TPSA) is 60.7 Å². The Morgan fingerprint density at radius 1 is 1.08 bits per heavy atom. The fourth-order valence-corrected chi connectivity index (χ4v) is 4.90. The summed E-state index contributed by atoms with van der Waals surface area (Å²) in [6.07, 6.45) is -5.84. The minimum absolute atomic E-state index is 0.316. The van der Waals surface area contributed by atoms with Gasteiger partial charge >= 0.3 is 12.3 Å². The van der Waals surface area contributed by atoms with Gasteiger partial charge in [0, 0.05) is 38.5 Å². The highest BCUT2D eigenvalue weighted by molar-refractivity contribution is 7.99. The van der Waals surface area contributed by atoms with Crippen LogP contribution in [0.15, 0.2) is 76.5 Å². The summed E-state index contributed by atoms with van der Waals surface area (Å²) in [5, 5.41) is 10.5. The number of halogens is 4. The van der Waals surface area contributed by atoms with Gasteiger partial charge in [-0.3, -0.25) is 0 Å². The highest BCUT2D eigenvalue weighted by Crippen LogP contribution is 2.40. The Kier molecular flexibility index (Phi) is 7.42. The molecule has 0 unspecified atom stereocenters. The molecule has 1 aromatic heterocycles. The van der Waals surface area contributed by atoms with Gasteiger partial charge in [-0.15, -0.1) is 13.2 Å². The third kappa shape index (κ3) is 6.09. The number of fused-ring (bicyclic) bond motifs is 1. The molecule has 0 radical (unpaired) electrons. The van der Waals surface area contributed by atoms with E-state index in [1.54, 1.807) is 36.4 Å². The lowest BCUT2D eigenvalue weighted by atomic mass is 10.2. The number of alkyl halides is 3. The molecule has 1 heterocycles. The number of carboxylic acids is 1. The molecule has 0 spiro atoms. The smallest absolute Gasteiger partial charge is 0.479 e. The van der Waals surface area contributed by atoms with E-state index in [-0.39, 0.29) is 5.75 Å². The lowest BCUT2D eigenvalue weighted by Crippen LogP contribution is -2.22. The van der Waals surface area contributed by atoms with Crippen molar-refractivity contribution in [3.63, 3.8) is 0 Å². The summed E-state index contributed by atoms with van der Waals surface area (Å²) in [4.78, 5) is 13.0. The summed E-state index contributed by atoms with van der Waals surface area (Å²) in [6.45, 7) is 3.65. The molecule has 36 heavy (non-hydrogen) atoms. The Morgan fingerprint density at radius 3 is 2.47 bits per heavy atom. The van der Waals surface area contributed by atoms with E-state index in [0.717, 1.165) is 26.4 Å². The van der Waals surface area contributed by atoms with Gasteiger partial charge in [0.15, 0.2) is 6.10 Å². The Balaban J connectivity index is 1.76. The number of aliphatic carboxylic acids is 1. The number of ether oxygens (including phenoxy) is 2. The fourth-order valence-electron chi connectivity index (χ4n) is 3.73. The maximum Gasteiger partial charge on any atom is 0.573 e. The summed E-state index contributed by atoms with van der Waals surface area (Å²) in [7, 11) is 0. The first-order valence-corrected chi connectivity index (χ1v) is 12.0. The standard InChI is InChI=1S/C26H21ClF3NO4S/c1-15-24(36-21-9-6-18(27)7-10-21)22-11-8-20(35-26(28,29)30)13-23(22)31(15)14-17-4-3-5-19(12-17)34-16(2)25(32)33/h3-13,16H,14H2,1-2H3,(H,32,33)/t16-/m0/s1. The third-order valence-electron chi connectivity index (χ3n) is 5.40. The first-order chi connectivity index (χ1) is 17.0. The van der Waals surface area contributed by atoms with Gasteiger partial charge in [0.25, 0.3) is 0 Å². The highest BCUT2D eigenvalue weighted by Gasteiger charge is 2.31. The monoisotopic (exact) mass is 535 g/mol. The molecular weight excluding hydrogens is 515 g/mol. The zero-order chi connectivity index (χ0) is 26.0. The van der Waals surface area contributed by atoms with Gasteiger partial charge in [-0.2, -0.15) is 0 Å². The first kappa shape index (κ1) is 25.8. The average Bonchev–Trinajstić information content (AvgIpc) is 3.05. The molecule has 1 N–H and O–H groups in total. The van der Waals surface area contributed by atoms with Crippen molar-refractivity contribution < 1.29 is 32.5 Å². The second kappa shape index (κ2) is 10.4. The second-order valence-corrected chi connectivity index (χ2v) is 9.55. The van der Waals surface area contributed by atoms with E-state index in [0.29, 0.717) is 22.8 Å². The van der Waals surface area contributed by atoms with Gasteiger partial charge in [0.2, 0.25) is 0 Å². The predicted octanol–water partition coefficient (Wildman–Crippen LogP) is 7.55. The molecule has 0 saturated heterocycles. The van der Waals surface area contributed by atoms with E-state index >= 15 is 0 Å². The molecule has 188 valence electrons. The summed E-state index contributed by atoms with van der Waals surface area (Å²) in [6, 6.07) is 18.5. The lowest BCUT2D eigenvalue weighted by molar-refractivity contribution is -0.274. The maximum absolute atomic E-state index is 12.9. The van der Waals surface area contributed by atoms with E-state index in [9.17, 15) is 18.0 Å². The highest BCUT2D eigenvalue weighted by atomic mass is 35.5.